The van der Waals surface area contributed by atoms with Crippen molar-refractivity contribution in [1.29, 1.82) is 0 Å². The Morgan fingerprint density at radius 3 is 2.40 bits per heavy atom. The highest BCUT2D eigenvalue weighted by Crippen LogP contribution is 2.26. The van der Waals surface area contributed by atoms with Crippen LogP contribution < -0.4 is 5.73 Å². The van der Waals surface area contributed by atoms with Crippen LogP contribution in [0.15, 0.2) is 5.16 Å². The van der Waals surface area contributed by atoms with Crippen LogP contribution in [-0.2, 0) is 10.2 Å². The summed E-state index contributed by atoms with van der Waals surface area (Å²) in [6.07, 6.45) is 4.18. The summed E-state index contributed by atoms with van der Waals surface area (Å²) >= 11 is 0. The van der Waals surface area contributed by atoms with Crippen molar-refractivity contribution in [2.75, 3.05) is 19.6 Å². The third-order valence-electron chi connectivity index (χ3n) is 4.35. The van der Waals surface area contributed by atoms with Crippen LogP contribution in [0.4, 0.5) is 0 Å². The third-order valence-corrected chi connectivity index (χ3v) is 6.51. The van der Waals surface area contributed by atoms with Crippen molar-refractivity contribution >= 4 is 16.0 Å². The van der Waals surface area contributed by atoms with Gasteiger partial charge in [0.15, 0.2) is 0 Å². The maximum absolute atomic E-state index is 12.6. The normalized spacial score (nSPS) is 28.6. The molecule has 0 saturated carbocycles. The molecule has 1 atom stereocenters. The van der Waals surface area contributed by atoms with Gasteiger partial charge in [0.1, 0.15) is 5.84 Å². The lowest BCUT2D eigenvalue weighted by Crippen LogP contribution is -2.52. The number of hydrogen-bond acceptors (Lipinski definition) is 4. The van der Waals surface area contributed by atoms with Crippen LogP contribution in [-0.4, -0.2) is 53.7 Å². The molecule has 1 unspecified atom stereocenters. The molecule has 2 aliphatic heterocycles. The molecule has 0 aromatic rings. The molecule has 0 radical (unpaired) electrons. The van der Waals surface area contributed by atoms with Gasteiger partial charge in [0.25, 0.3) is 10.2 Å². The van der Waals surface area contributed by atoms with Crippen LogP contribution in [0, 0.1) is 5.92 Å². The Balaban J connectivity index is 2.01. The fourth-order valence-electron chi connectivity index (χ4n) is 3.03. The molecular weight excluding hydrogens is 280 g/mol. The number of piperidine rings is 2. The number of nitrogens with two attached hydrogens (primary N) is 1. The third kappa shape index (κ3) is 3.07. The lowest BCUT2D eigenvalue weighted by Gasteiger charge is -2.38. The lowest BCUT2D eigenvalue weighted by atomic mass is 9.97. The largest absolute Gasteiger partial charge is 0.409 e. The summed E-state index contributed by atoms with van der Waals surface area (Å²) < 4.78 is 28.4. The highest BCUT2D eigenvalue weighted by atomic mass is 32.2. The molecule has 7 nitrogen and oxygen atoms in total. The molecule has 2 rings (SSSR count). The molecule has 0 aliphatic carbocycles. The van der Waals surface area contributed by atoms with Crippen molar-refractivity contribution in [3.63, 3.8) is 0 Å². The van der Waals surface area contributed by atoms with Crippen LogP contribution in [0.2, 0.25) is 0 Å². The van der Waals surface area contributed by atoms with Gasteiger partial charge in [0.05, 0.1) is 0 Å². The second-order valence-electron chi connectivity index (χ2n) is 5.66. The molecule has 0 amide bonds. The zero-order valence-electron chi connectivity index (χ0n) is 11.9. The summed E-state index contributed by atoms with van der Waals surface area (Å²) in [5.74, 6) is 0.179. The first-order chi connectivity index (χ1) is 9.46. The van der Waals surface area contributed by atoms with Gasteiger partial charge < -0.3 is 10.9 Å². The SMILES string of the molecule is CC1CCCCN1S(=O)(=O)N1CCC(C(N)=NO)CC1. The van der Waals surface area contributed by atoms with E-state index in [1.54, 1.807) is 4.31 Å². The van der Waals surface area contributed by atoms with E-state index >= 15 is 0 Å². The molecule has 8 heteroatoms. The Morgan fingerprint density at radius 2 is 1.85 bits per heavy atom. The summed E-state index contributed by atoms with van der Waals surface area (Å²) in [4.78, 5) is 0. The molecule has 2 saturated heterocycles. The molecular formula is C12H24N4O3S. The molecule has 0 bridgehead atoms. The van der Waals surface area contributed by atoms with Crippen LogP contribution in [0.1, 0.15) is 39.0 Å². The minimum Gasteiger partial charge on any atom is -0.409 e. The number of oxime groups is 1. The van der Waals surface area contributed by atoms with Gasteiger partial charge in [-0.2, -0.15) is 17.0 Å². The van der Waals surface area contributed by atoms with E-state index in [1.165, 1.54) is 4.31 Å². The number of hydrogen-bond donors (Lipinski definition) is 2. The predicted octanol–water partition coefficient (Wildman–Crippen LogP) is 0.564. The smallest absolute Gasteiger partial charge is 0.282 e. The van der Waals surface area contributed by atoms with Crippen molar-refractivity contribution < 1.29 is 13.6 Å². The number of nitrogens with zero attached hydrogens (tertiary/aromatic N) is 3. The maximum atomic E-state index is 12.6. The molecule has 3 N–H and O–H groups in total. The van der Waals surface area contributed by atoms with E-state index in [-0.39, 0.29) is 17.8 Å². The fraction of sp³-hybridized carbons (Fsp3) is 0.917. The van der Waals surface area contributed by atoms with Crippen LogP contribution in [0.25, 0.3) is 0 Å². The van der Waals surface area contributed by atoms with Crippen LogP contribution >= 0.6 is 0 Å². The van der Waals surface area contributed by atoms with Crippen LogP contribution in [0.5, 0.6) is 0 Å². The van der Waals surface area contributed by atoms with Crippen molar-refractivity contribution in [3.05, 3.63) is 0 Å². The van der Waals surface area contributed by atoms with E-state index < -0.39 is 10.2 Å². The van der Waals surface area contributed by atoms with E-state index in [1.807, 2.05) is 6.92 Å². The van der Waals surface area contributed by atoms with Gasteiger partial charge in [-0.25, -0.2) is 0 Å². The number of amidine groups is 1. The first kappa shape index (κ1) is 15.5. The van der Waals surface area contributed by atoms with E-state index in [9.17, 15) is 8.42 Å². The van der Waals surface area contributed by atoms with Gasteiger partial charge in [-0.3, -0.25) is 0 Å². The molecule has 116 valence electrons. The summed E-state index contributed by atoms with van der Waals surface area (Å²) in [7, 11) is -3.37. The zero-order valence-corrected chi connectivity index (χ0v) is 12.7. The maximum Gasteiger partial charge on any atom is 0.282 e. The number of rotatable bonds is 3. The first-order valence-electron chi connectivity index (χ1n) is 7.21. The predicted molar refractivity (Wildman–Crippen MR) is 76.6 cm³/mol. The second kappa shape index (κ2) is 6.28. The molecule has 20 heavy (non-hydrogen) atoms. The van der Waals surface area contributed by atoms with Gasteiger partial charge in [0, 0.05) is 31.6 Å². The monoisotopic (exact) mass is 304 g/mol. The minimum atomic E-state index is -3.37. The van der Waals surface area contributed by atoms with Gasteiger partial charge in [-0.05, 0) is 32.6 Å². The van der Waals surface area contributed by atoms with Gasteiger partial charge >= 0.3 is 0 Å². The van der Waals surface area contributed by atoms with Crippen molar-refractivity contribution in [2.45, 2.75) is 45.1 Å². The molecule has 0 spiro atoms. The van der Waals surface area contributed by atoms with Crippen molar-refractivity contribution in [2.24, 2.45) is 16.8 Å². The summed E-state index contributed by atoms with van der Waals surface area (Å²) in [6.45, 7) is 3.46. The average Bonchev–Trinajstić information content (AvgIpc) is 2.47. The second-order valence-corrected chi connectivity index (χ2v) is 7.54. The standard InChI is InChI=1S/C12H24N4O3S/c1-10-4-2-3-7-16(10)20(18,19)15-8-5-11(6-9-15)12(13)14-17/h10-11,17H,2-9H2,1H3,(H2,13,14). The average molecular weight is 304 g/mol. The molecule has 0 aromatic carbocycles. The van der Waals surface area contributed by atoms with E-state index in [0.29, 0.717) is 32.5 Å². The minimum absolute atomic E-state index is 0.0229. The highest BCUT2D eigenvalue weighted by molar-refractivity contribution is 7.86. The van der Waals surface area contributed by atoms with E-state index in [2.05, 4.69) is 5.16 Å². The Morgan fingerprint density at radius 1 is 1.20 bits per heavy atom. The van der Waals surface area contributed by atoms with Gasteiger partial charge in [-0.1, -0.05) is 11.6 Å². The molecule has 0 aromatic heterocycles. The summed E-state index contributed by atoms with van der Waals surface area (Å²) in [5, 5.41) is 11.7. The lowest BCUT2D eigenvalue weighted by molar-refractivity contribution is 0.228. The van der Waals surface area contributed by atoms with Gasteiger partial charge in [-0.15, -0.1) is 0 Å². The zero-order chi connectivity index (χ0) is 14.8. The highest BCUT2D eigenvalue weighted by Gasteiger charge is 2.36. The summed E-state index contributed by atoms with van der Waals surface area (Å²) in [6, 6.07) is 0.0792. The quantitative estimate of drug-likeness (QED) is 0.344. The fourth-order valence-corrected chi connectivity index (χ4v) is 4.92. The Hall–Kier alpha value is -0.860. The van der Waals surface area contributed by atoms with Crippen LogP contribution in [0.3, 0.4) is 0 Å². The van der Waals surface area contributed by atoms with Gasteiger partial charge in [0.2, 0.25) is 0 Å². The topological polar surface area (TPSA) is 99.2 Å². The van der Waals surface area contributed by atoms with Crippen molar-refractivity contribution in [3.8, 4) is 0 Å². The Kier molecular flexibility index (Phi) is 4.87. The van der Waals surface area contributed by atoms with E-state index in [4.69, 9.17) is 10.9 Å². The van der Waals surface area contributed by atoms with E-state index in [0.717, 1.165) is 19.3 Å². The molecule has 2 aliphatic rings. The molecule has 2 fully saturated rings. The van der Waals surface area contributed by atoms with Crippen molar-refractivity contribution in [1.82, 2.24) is 8.61 Å². The Labute approximate surface area is 120 Å². The first-order valence-corrected chi connectivity index (χ1v) is 8.61. The summed E-state index contributed by atoms with van der Waals surface area (Å²) in [5.41, 5.74) is 5.59. The molecule has 2 heterocycles. The Bertz CT molecular complexity index is 457.